The molecule has 0 aromatic rings. The standard InChI is InChI=1S/C12H22N2O3S/c15-18(16,13-7-9-17-10-8-13)14-6-2-4-11-3-1-5-12(11)14/h11-12H,1-10H2/t11-,12+/m0/s1. The van der Waals surface area contributed by atoms with E-state index in [-0.39, 0.29) is 6.04 Å². The Hall–Kier alpha value is -0.170. The Morgan fingerprint density at radius 1 is 0.944 bits per heavy atom. The molecule has 5 nitrogen and oxygen atoms in total. The van der Waals surface area contributed by atoms with Crippen molar-refractivity contribution in [1.29, 1.82) is 0 Å². The summed E-state index contributed by atoms with van der Waals surface area (Å²) in [5.41, 5.74) is 0. The van der Waals surface area contributed by atoms with Gasteiger partial charge in [-0.25, -0.2) is 0 Å². The molecule has 2 atom stereocenters. The van der Waals surface area contributed by atoms with Gasteiger partial charge >= 0.3 is 0 Å². The molecule has 0 unspecified atom stereocenters. The van der Waals surface area contributed by atoms with Gasteiger partial charge in [0.2, 0.25) is 0 Å². The third-order valence-corrected chi connectivity index (χ3v) is 6.60. The van der Waals surface area contributed by atoms with E-state index in [1.807, 2.05) is 0 Å². The number of rotatable bonds is 2. The van der Waals surface area contributed by atoms with E-state index >= 15 is 0 Å². The van der Waals surface area contributed by atoms with Crippen LogP contribution < -0.4 is 0 Å². The third-order valence-electron chi connectivity index (χ3n) is 4.53. The summed E-state index contributed by atoms with van der Waals surface area (Å²) in [4.78, 5) is 0. The maximum absolute atomic E-state index is 12.7. The smallest absolute Gasteiger partial charge is 0.282 e. The highest BCUT2D eigenvalue weighted by molar-refractivity contribution is 7.86. The zero-order valence-corrected chi connectivity index (χ0v) is 11.6. The molecule has 0 aromatic carbocycles. The minimum atomic E-state index is -3.25. The van der Waals surface area contributed by atoms with Gasteiger partial charge in [-0.3, -0.25) is 0 Å². The van der Waals surface area contributed by atoms with E-state index in [1.165, 1.54) is 19.3 Å². The molecular formula is C12H22N2O3S. The third kappa shape index (κ3) is 2.19. The van der Waals surface area contributed by atoms with Crippen LogP contribution in [0, 0.1) is 5.92 Å². The van der Waals surface area contributed by atoms with Crippen LogP contribution in [0.15, 0.2) is 0 Å². The van der Waals surface area contributed by atoms with Crippen LogP contribution in [0.25, 0.3) is 0 Å². The molecule has 2 saturated heterocycles. The summed E-state index contributed by atoms with van der Waals surface area (Å²) in [6, 6.07) is 0.270. The molecule has 18 heavy (non-hydrogen) atoms. The van der Waals surface area contributed by atoms with E-state index in [9.17, 15) is 8.42 Å². The van der Waals surface area contributed by atoms with Crippen LogP contribution in [0.5, 0.6) is 0 Å². The molecule has 0 amide bonds. The van der Waals surface area contributed by atoms with Gasteiger partial charge in [0.1, 0.15) is 0 Å². The van der Waals surface area contributed by atoms with E-state index < -0.39 is 10.2 Å². The van der Waals surface area contributed by atoms with Crippen molar-refractivity contribution in [1.82, 2.24) is 8.61 Å². The molecule has 1 aliphatic carbocycles. The second kappa shape index (κ2) is 5.07. The normalized spacial score (nSPS) is 35.6. The van der Waals surface area contributed by atoms with Gasteiger partial charge in [-0.05, 0) is 31.6 Å². The minimum Gasteiger partial charge on any atom is -0.379 e. The highest BCUT2D eigenvalue weighted by Crippen LogP contribution is 2.38. The number of ether oxygens (including phenoxy) is 1. The Balaban J connectivity index is 1.79. The van der Waals surface area contributed by atoms with Crippen LogP contribution in [0.2, 0.25) is 0 Å². The highest BCUT2D eigenvalue weighted by atomic mass is 32.2. The summed E-state index contributed by atoms with van der Waals surface area (Å²) in [5, 5.41) is 0. The SMILES string of the molecule is O=S(=O)(N1CCOCC1)N1CCC[C@@H]2CCC[C@H]21. The van der Waals surface area contributed by atoms with Gasteiger partial charge in [-0.1, -0.05) is 6.42 Å². The van der Waals surface area contributed by atoms with Gasteiger partial charge < -0.3 is 4.74 Å². The van der Waals surface area contributed by atoms with Crippen molar-refractivity contribution in [3.8, 4) is 0 Å². The summed E-state index contributed by atoms with van der Waals surface area (Å²) in [7, 11) is -3.25. The van der Waals surface area contributed by atoms with Gasteiger partial charge in [0.05, 0.1) is 13.2 Å². The Morgan fingerprint density at radius 2 is 1.67 bits per heavy atom. The van der Waals surface area contributed by atoms with Crippen LogP contribution in [0.1, 0.15) is 32.1 Å². The topological polar surface area (TPSA) is 49.9 Å². The lowest BCUT2D eigenvalue weighted by Gasteiger charge is -2.40. The first-order chi connectivity index (χ1) is 8.69. The molecular weight excluding hydrogens is 252 g/mol. The molecule has 2 aliphatic heterocycles. The molecule has 3 rings (SSSR count). The Bertz CT molecular complexity index is 392. The Morgan fingerprint density at radius 3 is 2.44 bits per heavy atom. The molecule has 0 bridgehead atoms. The first-order valence-corrected chi connectivity index (χ1v) is 8.44. The predicted octanol–water partition coefficient (Wildman–Crippen LogP) is 0.828. The lowest BCUT2D eigenvalue weighted by molar-refractivity contribution is 0.0671. The molecule has 0 spiro atoms. The average Bonchev–Trinajstić information content (AvgIpc) is 2.87. The van der Waals surface area contributed by atoms with E-state index in [0.717, 1.165) is 12.8 Å². The molecule has 0 radical (unpaired) electrons. The molecule has 2 heterocycles. The molecule has 1 saturated carbocycles. The zero-order chi connectivity index (χ0) is 12.6. The number of morpholine rings is 1. The second-order valence-corrected chi connectivity index (χ2v) is 7.41. The number of hydrogen-bond donors (Lipinski definition) is 0. The number of fused-ring (bicyclic) bond motifs is 1. The zero-order valence-electron chi connectivity index (χ0n) is 10.8. The molecule has 3 fully saturated rings. The van der Waals surface area contributed by atoms with Crippen LogP contribution in [-0.4, -0.2) is 55.9 Å². The maximum atomic E-state index is 12.7. The lowest BCUT2D eigenvalue weighted by Crippen LogP contribution is -2.54. The van der Waals surface area contributed by atoms with E-state index in [4.69, 9.17) is 4.74 Å². The maximum Gasteiger partial charge on any atom is 0.282 e. The average molecular weight is 274 g/mol. The molecule has 6 heteroatoms. The van der Waals surface area contributed by atoms with Crippen LogP contribution >= 0.6 is 0 Å². The summed E-state index contributed by atoms with van der Waals surface area (Å²) in [6.45, 7) is 2.79. The fraction of sp³-hybridized carbons (Fsp3) is 1.00. The van der Waals surface area contributed by atoms with E-state index in [0.29, 0.717) is 38.8 Å². The summed E-state index contributed by atoms with van der Waals surface area (Å²) in [5.74, 6) is 0.606. The number of nitrogens with zero attached hydrogens (tertiary/aromatic N) is 2. The first-order valence-electron chi connectivity index (χ1n) is 7.04. The first kappa shape index (κ1) is 12.8. The molecule has 104 valence electrons. The van der Waals surface area contributed by atoms with Crippen molar-refractivity contribution in [3.05, 3.63) is 0 Å². The van der Waals surface area contributed by atoms with Gasteiger partial charge in [0, 0.05) is 25.7 Å². The fourth-order valence-corrected chi connectivity index (χ4v) is 5.51. The van der Waals surface area contributed by atoms with Crippen LogP contribution in [0.3, 0.4) is 0 Å². The molecule has 0 N–H and O–H groups in total. The largest absolute Gasteiger partial charge is 0.379 e. The number of piperidine rings is 1. The quantitative estimate of drug-likeness (QED) is 0.749. The lowest BCUT2D eigenvalue weighted by atomic mass is 9.94. The van der Waals surface area contributed by atoms with Crippen molar-refractivity contribution in [2.45, 2.75) is 38.1 Å². The highest BCUT2D eigenvalue weighted by Gasteiger charge is 2.43. The molecule has 3 aliphatic rings. The Labute approximate surface area is 109 Å². The van der Waals surface area contributed by atoms with Crippen molar-refractivity contribution < 1.29 is 13.2 Å². The predicted molar refractivity (Wildman–Crippen MR) is 68.4 cm³/mol. The second-order valence-electron chi connectivity index (χ2n) is 5.53. The van der Waals surface area contributed by atoms with Crippen molar-refractivity contribution in [2.24, 2.45) is 5.92 Å². The van der Waals surface area contributed by atoms with Crippen molar-refractivity contribution >= 4 is 10.2 Å². The molecule has 0 aromatic heterocycles. The van der Waals surface area contributed by atoms with Crippen LogP contribution in [-0.2, 0) is 14.9 Å². The van der Waals surface area contributed by atoms with E-state index in [2.05, 4.69) is 0 Å². The summed E-state index contributed by atoms with van der Waals surface area (Å²) in [6.07, 6.45) is 5.67. The van der Waals surface area contributed by atoms with Gasteiger partial charge in [-0.2, -0.15) is 17.0 Å². The van der Waals surface area contributed by atoms with Gasteiger partial charge in [0.25, 0.3) is 10.2 Å². The van der Waals surface area contributed by atoms with Crippen molar-refractivity contribution in [2.75, 3.05) is 32.8 Å². The summed E-state index contributed by atoms with van der Waals surface area (Å²) >= 11 is 0. The monoisotopic (exact) mass is 274 g/mol. The number of hydrogen-bond acceptors (Lipinski definition) is 3. The van der Waals surface area contributed by atoms with Gasteiger partial charge in [0.15, 0.2) is 0 Å². The fourth-order valence-electron chi connectivity index (χ4n) is 3.62. The van der Waals surface area contributed by atoms with E-state index in [1.54, 1.807) is 8.61 Å². The summed E-state index contributed by atoms with van der Waals surface area (Å²) < 4.78 is 34.0. The van der Waals surface area contributed by atoms with Gasteiger partial charge in [-0.15, -0.1) is 0 Å². The minimum absolute atomic E-state index is 0.270. The van der Waals surface area contributed by atoms with Crippen molar-refractivity contribution in [3.63, 3.8) is 0 Å². The van der Waals surface area contributed by atoms with Crippen LogP contribution in [0.4, 0.5) is 0 Å². The Kier molecular flexibility index (Phi) is 3.62.